The molecule has 6 nitrogen and oxygen atoms in total. The second-order valence-corrected chi connectivity index (χ2v) is 3.76. The normalized spacial score (nSPS) is 46.3. The van der Waals surface area contributed by atoms with Gasteiger partial charge in [-0.05, 0) is 6.92 Å². The fourth-order valence-electron chi connectivity index (χ4n) is 1.89. The maximum Gasteiger partial charge on any atom is 0.186 e. The minimum Gasteiger partial charge on any atom is -0.387 e. The smallest absolute Gasteiger partial charge is 0.186 e. The van der Waals surface area contributed by atoms with Gasteiger partial charge in [0.05, 0.1) is 15.1 Å². The van der Waals surface area contributed by atoms with Gasteiger partial charge in [-0.25, -0.2) is 0 Å². The molecule has 0 bridgehead atoms. The first-order valence-electron chi connectivity index (χ1n) is 5.92. The Labute approximate surface area is 101 Å². The minimum absolute atomic E-state index is 0.329. The van der Waals surface area contributed by atoms with E-state index >= 15 is 0 Å². The van der Waals surface area contributed by atoms with Crippen molar-refractivity contribution < 1.29 is 34.9 Å². The lowest BCUT2D eigenvalue weighted by atomic mass is 9.98. The first kappa shape index (κ1) is 13.1. The summed E-state index contributed by atoms with van der Waals surface area (Å²) in [5.74, 6) is 0. The number of aliphatic hydroxyl groups excluding tert-OH is 2. The summed E-state index contributed by atoms with van der Waals surface area (Å²) >= 11 is 0. The molecule has 7 heteroatoms. The molecule has 0 aromatic rings. The number of fused-ring (bicyclic) bond motifs is 1. The van der Waals surface area contributed by atoms with Gasteiger partial charge in [0.1, 0.15) is 24.4 Å². The molecule has 0 saturated carbocycles. The Morgan fingerprint density at radius 2 is 2.00 bits per heavy atom. The van der Waals surface area contributed by atoms with Crippen LogP contribution >= 0.6 is 0 Å². The van der Waals surface area contributed by atoms with Crippen molar-refractivity contribution in [3.8, 4) is 0 Å². The van der Waals surface area contributed by atoms with Crippen LogP contribution in [0.3, 0.4) is 0 Å². The summed E-state index contributed by atoms with van der Waals surface area (Å²) < 4.78 is 36.4. The minimum atomic E-state index is -1.10. The van der Waals surface area contributed by atoms with E-state index in [1.807, 2.05) is 0 Å². The Morgan fingerprint density at radius 3 is 2.59 bits per heavy atom. The molecule has 2 saturated heterocycles. The summed E-state index contributed by atoms with van der Waals surface area (Å²) in [4.78, 5) is 0. The van der Waals surface area contributed by atoms with Gasteiger partial charge in [-0.15, -0.1) is 0 Å². The van der Waals surface area contributed by atoms with Gasteiger partial charge in [-0.2, -0.15) is 0 Å². The Morgan fingerprint density at radius 1 is 1.35 bits per heavy atom. The molecule has 2 aliphatic heterocycles. The topological polar surface area (TPSA) is 77.4 Å². The van der Waals surface area contributed by atoms with Gasteiger partial charge in [-0.3, -0.25) is 4.39 Å². The Kier molecular flexibility index (Phi) is 5.08. The molecule has 2 N–H and O–H groups in total. The van der Waals surface area contributed by atoms with Gasteiger partial charge < -0.3 is 29.2 Å². The quantitative estimate of drug-likeness (QED) is 0.653. The van der Waals surface area contributed by atoms with Crippen molar-refractivity contribution in [1.29, 1.82) is 0 Å². The average molecular weight is 255 g/mol. The summed E-state index contributed by atoms with van der Waals surface area (Å²) in [5.41, 5.74) is 0. The molecular weight excluding hydrogens is 235 g/mol. The molecule has 17 heavy (non-hydrogen) atoms. The molecule has 2 aliphatic rings. The second-order valence-electron chi connectivity index (χ2n) is 3.76. The molecule has 102 valence electrons. The molecule has 0 aromatic carbocycles. The number of hydrogen-bond donors (Lipinski definition) is 2. The number of halogens is 1. The summed E-state index contributed by atoms with van der Waals surface area (Å²) in [6.45, 7) is 2.06. The third-order valence-corrected chi connectivity index (χ3v) is 2.72. The number of aliphatic hydroxyl groups is 2. The van der Waals surface area contributed by atoms with E-state index in [-0.39, 0.29) is 0 Å². The molecule has 6 unspecified atom stereocenters. The highest BCUT2D eigenvalue weighted by Crippen LogP contribution is 2.28. The Hall–Kier alpha value is -0.310. The van der Waals surface area contributed by atoms with E-state index in [0.29, 0.717) is 6.61 Å². The van der Waals surface area contributed by atoms with Crippen LogP contribution in [0.4, 0.5) is 4.39 Å². The fraction of sp³-hybridized carbons (Fsp3) is 1.00. The molecule has 2 heterocycles. The van der Waals surface area contributed by atoms with Crippen LogP contribution in [0.2, 0.25) is 0 Å². The van der Waals surface area contributed by atoms with Gasteiger partial charge in [0, 0.05) is 7.11 Å². The van der Waals surface area contributed by atoms with E-state index in [1.54, 1.807) is 6.92 Å². The Balaban J connectivity index is 0.000000492. The van der Waals surface area contributed by atoms with Crippen molar-refractivity contribution in [3.05, 3.63) is 0 Å². The largest absolute Gasteiger partial charge is 0.387 e. The van der Waals surface area contributed by atoms with Crippen molar-refractivity contribution in [2.75, 3.05) is 20.9 Å². The fourth-order valence-corrected chi connectivity index (χ4v) is 1.89. The number of ether oxygens (including phenoxy) is 4. The van der Waals surface area contributed by atoms with Crippen LogP contribution in [-0.4, -0.2) is 68.1 Å². The monoisotopic (exact) mass is 255 g/mol. The van der Waals surface area contributed by atoms with Gasteiger partial charge in [0.25, 0.3) is 0 Å². The lowest BCUT2D eigenvalue weighted by Gasteiger charge is -2.45. The Bertz CT molecular complexity index is 244. The third kappa shape index (κ3) is 3.12. The standard InChI is InChI=1S/C9H16O6.CH3F/c1-4-13-3-5-8(14-4)6(10)7(11)9(12-2)15-5;1-2/h4-11H,3H2,1-2H3;1H3/i;1D. The van der Waals surface area contributed by atoms with E-state index < -0.39 is 44.1 Å². The van der Waals surface area contributed by atoms with Crippen LogP contribution in [0.25, 0.3) is 0 Å². The number of alkyl halides is 1. The second kappa shape index (κ2) is 6.58. The SMILES string of the molecule is COC1OC2COC(C)OC2C(O)C1O.[2H]CF. The lowest BCUT2D eigenvalue weighted by molar-refractivity contribution is -0.352. The number of hydrogen-bond acceptors (Lipinski definition) is 6. The number of rotatable bonds is 1. The molecular formula is C10H19FO6. The highest BCUT2D eigenvalue weighted by atomic mass is 19.1. The van der Waals surface area contributed by atoms with E-state index in [9.17, 15) is 14.6 Å². The summed E-state index contributed by atoms with van der Waals surface area (Å²) in [6.07, 6.45) is -4.29. The lowest BCUT2D eigenvalue weighted by Crippen LogP contribution is -2.62. The van der Waals surface area contributed by atoms with Gasteiger partial charge in [-0.1, -0.05) is 0 Å². The van der Waals surface area contributed by atoms with Gasteiger partial charge >= 0.3 is 0 Å². The van der Waals surface area contributed by atoms with E-state index in [2.05, 4.69) is 0 Å². The van der Waals surface area contributed by atoms with Crippen LogP contribution in [-0.2, 0) is 18.9 Å². The van der Waals surface area contributed by atoms with Crippen molar-refractivity contribution >= 4 is 0 Å². The molecule has 0 radical (unpaired) electrons. The van der Waals surface area contributed by atoms with Gasteiger partial charge in [0.15, 0.2) is 12.6 Å². The van der Waals surface area contributed by atoms with E-state index in [0.717, 1.165) is 0 Å². The number of methoxy groups -OCH3 is 1. The van der Waals surface area contributed by atoms with Crippen molar-refractivity contribution in [2.45, 2.75) is 43.9 Å². The zero-order valence-corrected chi connectivity index (χ0v) is 9.78. The molecule has 6 atom stereocenters. The summed E-state index contributed by atoms with van der Waals surface area (Å²) in [6, 6.07) is 0. The zero-order chi connectivity index (χ0) is 13.7. The molecule has 0 amide bonds. The summed E-state index contributed by atoms with van der Waals surface area (Å²) in [5, 5.41) is 19.4. The van der Waals surface area contributed by atoms with E-state index in [1.165, 1.54) is 7.11 Å². The van der Waals surface area contributed by atoms with E-state index in [4.69, 9.17) is 20.3 Å². The van der Waals surface area contributed by atoms with Crippen molar-refractivity contribution in [1.82, 2.24) is 0 Å². The van der Waals surface area contributed by atoms with Crippen LogP contribution in [0, 0.1) is 0 Å². The third-order valence-electron chi connectivity index (χ3n) is 2.72. The predicted octanol–water partition coefficient (Wildman–Crippen LogP) is -0.573. The molecule has 2 rings (SSSR count). The van der Waals surface area contributed by atoms with Gasteiger partial charge in [0.2, 0.25) is 0 Å². The molecule has 0 spiro atoms. The molecule has 0 aromatic heterocycles. The zero-order valence-electron chi connectivity index (χ0n) is 10.8. The van der Waals surface area contributed by atoms with Crippen molar-refractivity contribution in [3.63, 3.8) is 0 Å². The maximum absolute atomic E-state index is 9.96. The van der Waals surface area contributed by atoms with Crippen LogP contribution in [0.15, 0.2) is 0 Å². The average Bonchev–Trinajstić information content (AvgIpc) is 2.35. The van der Waals surface area contributed by atoms with Crippen molar-refractivity contribution in [2.24, 2.45) is 0 Å². The predicted molar refractivity (Wildman–Crippen MR) is 55.0 cm³/mol. The van der Waals surface area contributed by atoms with Crippen LogP contribution in [0.5, 0.6) is 0 Å². The maximum atomic E-state index is 9.96. The highest BCUT2D eigenvalue weighted by Gasteiger charge is 2.48. The highest BCUT2D eigenvalue weighted by molar-refractivity contribution is 4.91. The van der Waals surface area contributed by atoms with Crippen LogP contribution < -0.4 is 0 Å². The van der Waals surface area contributed by atoms with Crippen LogP contribution in [0.1, 0.15) is 8.29 Å². The molecule has 2 fully saturated rings. The molecule has 0 aliphatic carbocycles. The first-order chi connectivity index (χ1) is 8.54. The summed E-state index contributed by atoms with van der Waals surface area (Å²) in [7, 11) is 0.411. The first-order valence-corrected chi connectivity index (χ1v) is 5.21.